The zero-order chi connectivity index (χ0) is 14.7. The van der Waals surface area contributed by atoms with Crippen LogP contribution in [0.2, 0.25) is 0 Å². The molecule has 4 nitrogen and oxygen atoms in total. The van der Waals surface area contributed by atoms with Gasteiger partial charge in [-0.15, -0.1) is 11.3 Å². The number of methoxy groups -OCH3 is 1. The topological polar surface area (TPSA) is 42.4 Å². The van der Waals surface area contributed by atoms with Gasteiger partial charge < -0.3 is 9.64 Å². The van der Waals surface area contributed by atoms with Crippen molar-refractivity contribution in [2.24, 2.45) is 0 Å². The maximum absolute atomic E-state index is 12.4. The molecule has 1 aromatic carbocycles. The average molecular weight is 302 g/mol. The molecule has 0 atom stereocenters. The average Bonchev–Trinajstić information content (AvgIpc) is 3.05. The molecule has 0 N–H and O–H groups in total. The van der Waals surface area contributed by atoms with Gasteiger partial charge in [-0.3, -0.25) is 4.79 Å². The zero-order valence-corrected chi connectivity index (χ0v) is 12.9. The highest BCUT2D eigenvalue weighted by Crippen LogP contribution is 2.26. The van der Waals surface area contributed by atoms with Gasteiger partial charge in [-0.25, -0.2) is 4.98 Å². The lowest BCUT2D eigenvalue weighted by atomic mass is 10.1. The van der Waals surface area contributed by atoms with Crippen LogP contribution in [0.25, 0.3) is 10.6 Å². The molecule has 1 amide bonds. The van der Waals surface area contributed by atoms with Gasteiger partial charge in [-0.1, -0.05) is 0 Å². The SMILES string of the molecule is COc1ccc(-c2nc(C(=O)N3CCCCC3)cs2)cc1. The molecule has 5 heteroatoms. The van der Waals surface area contributed by atoms with Gasteiger partial charge in [0.25, 0.3) is 5.91 Å². The van der Waals surface area contributed by atoms with Gasteiger partial charge in [0.15, 0.2) is 0 Å². The van der Waals surface area contributed by atoms with Crippen LogP contribution in [0.4, 0.5) is 0 Å². The molecule has 0 radical (unpaired) electrons. The molecular weight excluding hydrogens is 284 g/mol. The summed E-state index contributed by atoms with van der Waals surface area (Å²) >= 11 is 1.51. The van der Waals surface area contributed by atoms with Crippen molar-refractivity contribution >= 4 is 17.2 Å². The molecule has 0 aliphatic carbocycles. The van der Waals surface area contributed by atoms with Crippen LogP contribution < -0.4 is 4.74 Å². The summed E-state index contributed by atoms with van der Waals surface area (Å²) in [6.07, 6.45) is 3.42. The third-order valence-corrected chi connectivity index (χ3v) is 4.59. The predicted octanol–water partition coefficient (Wildman–Crippen LogP) is 3.44. The first-order valence-electron chi connectivity index (χ1n) is 7.17. The van der Waals surface area contributed by atoms with Gasteiger partial charge in [-0.05, 0) is 43.5 Å². The minimum atomic E-state index is 0.0608. The van der Waals surface area contributed by atoms with E-state index in [0.717, 1.165) is 42.3 Å². The standard InChI is InChI=1S/C16H18N2O2S/c1-20-13-7-5-12(6-8-13)15-17-14(11-21-15)16(19)18-9-3-2-4-10-18/h5-8,11H,2-4,9-10H2,1H3. The van der Waals surface area contributed by atoms with Gasteiger partial charge in [-0.2, -0.15) is 0 Å². The van der Waals surface area contributed by atoms with E-state index in [2.05, 4.69) is 4.98 Å². The summed E-state index contributed by atoms with van der Waals surface area (Å²) in [5, 5.41) is 2.73. The number of amides is 1. The van der Waals surface area contributed by atoms with Crippen molar-refractivity contribution in [3.63, 3.8) is 0 Å². The van der Waals surface area contributed by atoms with Crippen LogP contribution in [0.3, 0.4) is 0 Å². The van der Waals surface area contributed by atoms with E-state index in [9.17, 15) is 4.79 Å². The minimum absolute atomic E-state index is 0.0608. The van der Waals surface area contributed by atoms with Crippen LogP contribution in [-0.2, 0) is 0 Å². The Labute approximate surface area is 128 Å². The number of ether oxygens (including phenoxy) is 1. The molecule has 0 saturated carbocycles. The summed E-state index contributed by atoms with van der Waals surface area (Å²) in [6.45, 7) is 1.71. The Bertz CT molecular complexity index is 615. The zero-order valence-electron chi connectivity index (χ0n) is 12.0. The number of rotatable bonds is 3. The maximum atomic E-state index is 12.4. The molecule has 1 aliphatic heterocycles. The fourth-order valence-corrected chi connectivity index (χ4v) is 3.30. The number of hydrogen-bond donors (Lipinski definition) is 0. The number of benzene rings is 1. The number of carbonyl (C=O) groups excluding carboxylic acids is 1. The van der Waals surface area contributed by atoms with Crippen molar-refractivity contribution in [2.75, 3.05) is 20.2 Å². The van der Waals surface area contributed by atoms with Crippen LogP contribution in [0.5, 0.6) is 5.75 Å². The van der Waals surface area contributed by atoms with E-state index in [0.29, 0.717) is 5.69 Å². The third-order valence-electron chi connectivity index (χ3n) is 3.70. The van der Waals surface area contributed by atoms with E-state index in [1.54, 1.807) is 7.11 Å². The number of hydrogen-bond acceptors (Lipinski definition) is 4. The summed E-state index contributed by atoms with van der Waals surface area (Å²) in [4.78, 5) is 18.8. The predicted molar refractivity (Wildman–Crippen MR) is 83.9 cm³/mol. The summed E-state index contributed by atoms with van der Waals surface area (Å²) in [7, 11) is 1.65. The van der Waals surface area contributed by atoms with Gasteiger partial charge in [0.05, 0.1) is 7.11 Å². The molecule has 1 aliphatic rings. The lowest BCUT2D eigenvalue weighted by Crippen LogP contribution is -2.35. The molecule has 1 aromatic heterocycles. The first kappa shape index (κ1) is 14.1. The van der Waals surface area contributed by atoms with Crippen molar-refractivity contribution in [3.8, 4) is 16.3 Å². The highest BCUT2D eigenvalue weighted by Gasteiger charge is 2.20. The van der Waals surface area contributed by atoms with E-state index < -0.39 is 0 Å². The highest BCUT2D eigenvalue weighted by molar-refractivity contribution is 7.13. The molecule has 1 saturated heterocycles. The molecule has 0 spiro atoms. The van der Waals surface area contributed by atoms with Crippen molar-refractivity contribution in [1.82, 2.24) is 9.88 Å². The molecule has 2 heterocycles. The molecule has 3 rings (SSSR count). The Morgan fingerprint density at radius 1 is 1.19 bits per heavy atom. The van der Waals surface area contributed by atoms with Crippen molar-refractivity contribution in [2.45, 2.75) is 19.3 Å². The van der Waals surface area contributed by atoms with Crippen LogP contribution in [0.15, 0.2) is 29.6 Å². The van der Waals surface area contributed by atoms with Crippen LogP contribution >= 0.6 is 11.3 Å². The fourth-order valence-electron chi connectivity index (χ4n) is 2.50. The Hall–Kier alpha value is -1.88. The van der Waals surface area contributed by atoms with Gasteiger partial charge in [0.2, 0.25) is 0 Å². The first-order chi connectivity index (χ1) is 10.3. The second-order valence-corrected chi connectivity index (χ2v) is 5.98. The maximum Gasteiger partial charge on any atom is 0.273 e. The van der Waals surface area contributed by atoms with E-state index in [1.165, 1.54) is 17.8 Å². The molecule has 2 aromatic rings. The van der Waals surface area contributed by atoms with Gasteiger partial charge in [0.1, 0.15) is 16.5 Å². The Balaban J connectivity index is 1.77. The van der Waals surface area contributed by atoms with Crippen LogP contribution in [0.1, 0.15) is 29.8 Å². The molecular formula is C16H18N2O2S. The number of nitrogens with zero attached hydrogens (tertiary/aromatic N) is 2. The lowest BCUT2D eigenvalue weighted by Gasteiger charge is -2.25. The number of likely N-dealkylation sites (tertiary alicyclic amines) is 1. The number of carbonyl (C=O) groups is 1. The highest BCUT2D eigenvalue weighted by atomic mass is 32.1. The quantitative estimate of drug-likeness (QED) is 0.872. The minimum Gasteiger partial charge on any atom is -0.497 e. The molecule has 0 bridgehead atoms. The van der Waals surface area contributed by atoms with Crippen molar-refractivity contribution < 1.29 is 9.53 Å². The Morgan fingerprint density at radius 2 is 1.90 bits per heavy atom. The molecule has 21 heavy (non-hydrogen) atoms. The van der Waals surface area contributed by atoms with E-state index >= 15 is 0 Å². The van der Waals surface area contributed by atoms with Gasteiger partial charge >= 0.3 is 0 Å². The molecule has 1 fully saturated rings. The summed E-state index contributed by atoms with van der Waals surface area (Å²) in [5.41, 5.74) is 1.58. The summed E-state index contributed by atoms with van der Waals surface area (Å²) < 4.78 is 5.15. The second-order valence-electron chi connectivity index (χ2n) is 5.12. The van der Waals surface area contributed by atoms with Crippen LogP contribution in [-0.4, -0.2) is 36.0 Å². The first-order valence-corrected chi connectivity index (χ1v) is 8.05. The lowest BCUT2D eigenvalue weighted by molar-refractivity contribution is 0.0719. The van der Waals surface area contributed by atoms with E-state index in [1.807, 2.05) is 34.5 Å². The van der Waals surface area contributed by atoms with Gasteiger partial charge in [0, 0.05) is 24.0 Å². The summed E-state index contributed by atoms with van der Waals surface area (Å²) in [5.74, 6) is 0.880. The molecule has 110 valence electrons. The Kier molecular flexibility index (Phi) is 4.20. The summed E-state index contributed by atoms with van der Waals surface area (Å²) in [6, 6.07) is 7.74. The monoisotopic (exact) mass is 302 g/mol. The fraction of sp³-hybridized carbons (Fsp3) is 0.375. The van der Waals surface area contributed by atoms with E-state index in [-0.39, 0.29) is 5.91 Å². The smallest absolute Gasteiger partial charge is 0.273 e. The van der Waals surface area contributed by atoms with Crippen molar-refractivity contribution in [1.29, 1.82) is 0 Å². The largest absolute Gasteiger partial charge is 0.497 e. The van der Waals surface area contributed by atoms with Crippen LogP contribution in [0, 0.1) is 0 Å². The third kappa shape index (κ3) is 3.08. The number of aromatic nitrogens is 1. The van der Waals surface area contributed by atoms with E-state index in [4.69, 9.17) is 4.74 Å². The number of piperidine rings is 1. The Morgan fingerprint density at radius 3 is 2.57 bits per heavy atom. The number of thiazole rings is 1. The normalized spacial score (nSPS) is 15.0. The van der Waals surface area contributed by atoms with Crippen molar-refractivity contribution in [3.05, 3.63) is 35.3 Å². The molecule has 0 unspecified atom stereocenters. The second kappa shape index (κ2) is 6.26.